The fraction of sp³-hybridized carbons (Fsp3) is 0.625. The van der Waals surface area contributed by atoms with Gasteiger partial charge in [0.05, 0.1) is 0 Å². The zero-order chi connectivity index (χ0) is 14.3. The highest BCUT2D eigenvalue weighted by Gasteiger charge is 2.17. The highest BCUT2D eigenvalue weighted by Crippen LogP contribution is 2.23. The van der Waals surface area contributed by atoms with Crippen LogP contribution in [-0.4, -0.2) is 6.54 Å². The van der Waals surface area contributed by atoms with Gasteiger partial charge in [0, 0.05) is 18.7 Å². The molecule has 19 heavy (non-hydrogen) atoms. The second-order valence-corrected chi connectivity index (χ2v) is 5.93. The van der Waals surface area contributed by atoms with Gasteiger partial charge in [0.15, 0.2) is 0 Å². The lowest BCUT2D eigenvalue weighted by Crippen LogP contribution is -2.29. The molecule has 1 aromatic carbocycles. The van der Waals surface area contributed by atoms with Gasteiger partial charge in [0.1, 0.15) is 11.6 Å². The van der Waals surface area contributed by atoms with Gasteiger partial charge >= 0.3 is 0 Å². The van der Waals surface area contributed by atoms with E-state index in [-0.39, 0.29) is 17.5 Å². The van der Waals surface area contributed by atoms with E-state index >= 15 is 0 Å². The molecule has 0 saturated carbocycles. The van der Waals surface area contributed by atoms with E-state index in [1.807, 2.05) is 0 Å². The zero-order valence-electron chi connectivity index (χ0n) is 12.2. The molecule has 0 saturated heterocycles. The Balaban J connectivity index is 2.41. The number of unbranched alkanes of at least 4 members (excludes halogenated alkanes) is 2. The molecule has 0 atom stereocenters. The smallest absolute Gasteiger partial charge is 0.130 e. The van der Waals surface area contributed by atoms with E-state index in [9.17, 15) is 8.78 Å². The molecule has 0 aromatic heterocycles. The number of nitrogens with one attached hydrogen (secondary N) is 1. The fourth-order valence-corrected chi connectivity index (χ4v) is 2.17. The Morgan fingerprint density at radius 1 is 1.11 bits per heavy atom. The molecule has 0 aliphatic carbocycles. The van der Waals surface area contributed by atoms with Gasteiger partial charge in [-0.2, -0.15) is 0 Å². The van der Waals surface area contributed by atoms with E-state index in [1.165, 1.54) is 37.5 Å². The highest BCUT2D eigenvalue weighted by atomic mass is 19.1. The topological polar surface area (TPSA) is 12.0 Å². The molecule has 1 N–H and O–H groups in total. The average molecular weight is 269 g/mol. The number of hydrogen-bond acceptors (Lipinski definition) is 1. The first-order valence-electron chi connectivity index (χ1n) is 7.10. The molecule has 1 rings (SSSR count). The van der Waals surface area contributed by atoms with E-state index in [0.29, 0.717) is 0 Å². The van der Waals surface area contributed by atoms with Crippen molar-refractivity contribution < 1.29 is 8.78 Å². The lowest BCUT2D eigenvalue weighted by molar-refractivity contribution is 0.300. The molecular weight excluding hydrogens is 244 g/mol. The molecule has 0 bridgehead atoms. The minimum Gasteiger partial charge on any atom is -0.312 e. The van der Waals surface area contributed by atoms with Crippen molar-refractivity contribution in [2.75, 3.05) is 6.54 Å². The van der Waals surface area contributed by atoms with Crippen molar-refractivity contribution in [1.29, 1.82) is 0 Å². The quantitative estimate of drug-likeness (QED) is 0.677. The van der Waals surface area contributed by atoms with Gasteiger partial charge in [-0.3, -0.25) is 0 Å². The number of halogens is 2. The predicted octanol–water partition coefficient (Wildman–Crippen LogP) is 4.66. The standard InChI is InChI=1S/C16H25F2N/c1-4-5-6-10-16(2,3)12-19-11-13-14(17)8-7-9-15(13)18/h7-9,19H,4-6,10-12H2,1-3H3. The summed E-state index contributed by atoms with van der Waals surface area (Å²) in [6.45, 7) is 7.58. The van der Waals surface area contributed by atoms with Crippen molar-refractivity contribution >= 4 is 0 Å². The Kier molecular flexibility index (Phi) is 6.43. The van der Waals surface area contributed by atoms with Crippen LogP contribution in [0.25, 0.3) is 0 Å². The molecule has 0 aliphatic heterocycles. The van der Waals surface area contributed by atoms with Crippen LogP contribution in [0, 0.1) is 17.0 Å². The van der Waals surface area contributed by atoms with Gasteiger partial charge in [0.25, 0.3) is 0 Å². The van der Waals surface area contributed by atoms with Crippen molar-refractivity contribution in [3.8, 4) is 0 Å². The van der Waals surface area contributed by atoms with Gasteiger partial charge in [-0.25, -0.2) is 8.78 Å². The van der Waals surface area contributed by atoms with Crippen molar-refractivity contribution in [2.45, 2.75) is 53.0 Å². The number of rotatable bonds is 8. The van der Waals surface area contributed by atoms with Gasteiger partial charge in [-0.05, 0) is 24.0 Å². The maximum Gasteiger partial charge on any atom is 0.130 e. The van der Waals surface area contributed by atoms with Gasteiger partial charge in [0.2, 0.25) is 0 Å². The molecule has 3 heteroatoms. The molecule has 0 radical (unpaired) electrons. The average Bonchev–Trinajstić information content (AvgIpc) is 2.33. The predicted molar refractivity (Wildman–Crippen MR) is 76.0 cm³/mol. The summed E-state index contributed by atoms with van der Waals surface area (Å²) in [4.78, 5) is 0. The highest BCUT2D eigenvalue weighted by molar-refractivity contribution is 5.19. The van der Waals surface area contributed by atoms with Crippen LogP contribution < -0.4 is 5.32 Å². The summed E-state index contributed by atoms with van der Waals surface area (Å²) in [7, 11) is 0. The van der Waals surface area contributed by atoms with Crippen LogP contribution in [0.4, 0.5) is 8.78 Å². The maximum atomic E-state index is 13.4. The SMILES string of the molecule is CCCCCC(C)(C)CNCc1c(F)cccc1F. The van der Waals surface area contributed by atoms with Crippen LogP contribution in [0.15, 0.2) is 18.2 Å². The van der Waals surface area contributed by atoms with Crippen molar-refractivity contribution in [2.24, 2.45) is 5.41 Å². The summed E-state index contributed by atoms with van der Waals surface area (Å²) in [6.07, 6.45) is 4.79. The van der Waals surface area contributed by atoms with Gasteiger partial charge in [-0.1, -0.05) is 46.1 Å². The van der Waals surface area contributed by atoms with E-state index in [1.54, 1.807) is 0 Å². The second-order valence-electron chi connectivity index (χ2n) is 5.93. The molecule has 0 spiro atoms. The summed E-state index contributed by atoms with van der Waals surface area (Å²) < 4.78 is 26.9. The zero-order valence-corrected chi connectivity index (χ0v) is 12.2. The lowest BCUT2D eigenvalue weighted by atomic mass is 9.87. The van der Waals surface area contributed by atoms with Crippen molar-refractivity contribution in [3.63, 3.8) is 0 Å². The monoisotopic (exact) mass is 269 g/mol. The molecule has 1 aromatic rings. The molecule has 0 aliphatic rings. The van der Waals surface area contributed by atoms with Crippen molar-refractivity contribution in [3.05, 3.63) is 35.4 Å². The number of hydrogen-bond donors (Lipinski definition) is 1. The van der Waals surface area contributed by atoms with E-state index < -0.39 is 11.6 Å². The third-order valence-corrected chi connectivity index (χ3v) is 3.42. The number of benzene rings is 1. The van der Waals surface area contributed by atoms with Gasteiger partial charge < -0.3 is 5.32 Å². The lowest BCUT2D eigenvalue weighted by Gasteiger charge is -2.25. The minimum absolute atomic E-state index is 0.131. The minimum atomic E-state index is -0.476. The Hall–Kier alpha value is -0.960. The first kappa shape index (κ1) is 16.1. The Bertz CT molecular complexity index is 368. The first-order chi connectivity index (χ1) is 8.96. The first-order valence-corrected chi connectivity index (χ1v) is 7.10. The van der Waals surface area contributed by atoms with Crippen LogP contribution in [0.2, 0.25) is 0 Å². The Morgan fingerprint density at radius 2 is 1.74 bits per heavy atom. The molecule has 108 valence electrons. The van der Waals surface area contributed by atoms with Crippen LogP contribution in [0.1, 0.15) is 52.0 Å². The Morgan fingerprint density at radius 3 is 2.32 bits per heavy atom. The van der Waals surface area contributed by atoms with E-state index in [4.69, 9.17) is 0 Å². The van der Waals surface area contributed by atoms with E-state index in [0.717, 1.165) is 13.0 Å². The third-order valence-electron chi connectivity index (χ3n) is 3.42. The maximum absolute atomic E-state index is 13.4. The molecule has 0 unspecified atom stereocenters. The molecule has 1 nitrogen and oxygen atoms in total. The fourth-order valence-electron chi connectivity index (χ4n) is 2.17. The molecule has 0 amide bonds. The van der Waals surface area contributed by atoms with Crippen LogP contribution in [-0.2, 0) is 6.54 Å². The molecule has 0 heterocycles. The summed E-state index contributed by atoms with van der Waals surface area (Å²) >= 11 is 0. The Labute approximate surface area is 115 Å². The largest absolute Gasteiger partial charge is 0.312 e. The summed E-state index contributed by atoms with van der Waals surface area (Å²) in [5.74, 6) is -0.951. The van der Waals surface area contributed by atoms with Gasteiger partial charge in [-0.15, -0.1) is 0 Å². The molecular formula is C16H25F2N. The normalized spacial score (nSPS) is 11.8. The van der Waals surface area contributed by atoms with E-state index in [2.05, 4.69) is 26.1 Å². The third kappa shape index (κ3) is 5.68. The second kappa shape index (κ2) is 7.59. The molecule has 0 fully saturated rings. The van der Waals surface area contributed by atoms with Crippen molar-refractivity contribution in [1.82, 2.24) is 5.32 Å². The summed E-state index contributed by atoms with van der Waals surface area (Å²) in [5.41, 5.74) is 0.295. The summed E-state index contributed by atoms with van der Waals surface area (Å²) in [6, 6.07) is 3.99. The summed E-state index contributed by atoms with van der Waals surface area (Å²) in [5, 5.41) is 3.17. The van der Waals surface area contributed by atoms with Crippen LogP contribution in [0.3, 0.4) is 0 Å². The van der Waals surface area contributed by atoms with Crippen LogP contribution >= 0.6 is 0 Å². The van der Waals surface area contributed by atoms with Crippen LogP contribution in [0.5, 0.6) is 0 Å².